The average molecular weight is 463 g/mol. The summed E-state index contributed by atoms with van der Waals surface area (Å²) in [7, 11) is 1.80. The van der Waals surface area contributed by atoms with Crippen LogP contribution in [0.3, 0.4) is 0 Å². The van der Waals surface area contributed by atoms with Crippen LogP contribution < -0.4 is 4.74 Å². The van der Waals surface area contributed by atoms with Gasteiger partial charge >= 0.3 is 5.97 Å². The summed E-state index contributed by atoms with van der Waals surface area (Å²) in [5.74, 6) is -0.129. The Balaban J connectivity index is 1.34. The molecule has 1 N–H and O–H groups in total. The van der Waals surface area contributed by atoms with Gasteiger partial charge in [0.25, 0.3) is 0 Å². The molecule has 176 valence electrons. The minimum Gasteiger partial charge on any atom is -0.487 e. The number of aliphatic carboxylic acids is 1. The number of rotatable bonds is 8. The van der Waals surface area contributed by atoms with E-state index in [0.29, 0.717) is 36.5 Å². The Kier molecular flexibility index (Phi) is 5.96. The lowest BCUT2D eigenvalue weighted by atomic mass is 9.87. The summed E-state index contributed by atoms with van der Waals surface area (Å²) in [6, 6.07) is 5.55. The highest BCUT2D eigenvalue weighted by Gasteiger charge is 2.29. The molecule has 11 nitrogen and oxygen atoms in total. The molecule has 2 aliphatic carbocycles. The monoisotopic (exact) mass is 462 g/mol. The molecule has 0 unspecified atom stereocenters. The van der Waals surface area contributed by atoms with Crippen molar-refractivity contribution in [2.24, 2.45) is 18.9 Å². The minimum absolute atomic E-state index is 0.138. The summed E-state index contributed by atoms with van der Waals surface area (Å²) in [6.07, 6.45) is 7.80. The number of carbonyl (C=O) groups is 1. The van der Waals surface area contributed by atoms with Crippen LogP contribution in [-0.2, 0) is 24.8 Å². The van der Waals surface area contributed by atoms with Crippen LogP contribution in [-0.4, -0.2) is 52.2 Å². The highest BCUT2D eigenvalue weighted by atomic mass is 16.5. The van der Waals surface area contributed by atoms with Crippen molar-refractivity contribution in [1.82, 2.24) is 35.0 Å². The number of aryl methyl sites for hydroxylation is 1. The van der Waals surface area contributed by atoms with Gasteiger partial charge in [0.1, 0.15) is 11.8 Å². The molecule has 0 aliphatic heterocycles. The molecule has 0 saturated heterocycles. The van der Waals surface area contributed by atoms with Gasteiger partial charge in [0.05, 0.1) is 35.6 Å². The van der Waals surface area contributed by atoms with Crippen LogP contribution in [0.4, 0.5) is 0 Å². The van der Waals surface area contributed by atoms with E-state index in [4.69, 9.17) is 4.74 Å². The first-order chi connectivity index (χ1) is 16.5. The van der Waals surface area contributed by atoms with E-state index in [1.807, 2.05) is 6.20 Å². The number of nitriles is 1. The highest BCUT2D eigenvalue weighted by Crippen LogP contribution is 2.32. The van der Waals surface area contributed by atoms with Crippen molar-refractivity contribution in [2.45, 2.75) is 57.6 Å². The number of aromatic nitrogens is 7. The number of carboxylic acid groups (broad SMARTS) is 1. The third-order valence-corrected chi connectivity index (χ3v) is 6.51. The Morgan fingerprint density at radius 1 is 1.24 bits per heavy atom. The molecule has 3 aromatic rings. The predicted octanol–water partition coefficient (Wildman–Crippen LogP) is 2.36. The molecule has 0 bridgehead atoms. The summed E-state index contributed by atoms with van der Waals surface area (Å²) < 4.78 is 9.45. The molecular weight excluding hydrogens is 436 g/mol. The lowest BCUT2D eigenvalue weighted by Crippen LogP contribution is -2.29. The van der Waals surface area contributed by atoms with Gasteiger partial charge in [-0.15, -0.1) is 10.2 Å². The van der Waals surface area contributed by atoms with E-state index in [1.165, 1.54) is 12.8 Å². The zero-order valence-electron chi connectivity index (χ0n) is 19.0. The molecular formula is C23H26N8O3. The minimum atomic E-state index is -0.801. The zero-order chi connectivity index (χ0) is 23.7. The third kappa shape index (κ3) is 4.76. The van der Waals surface area contributed by atoms with E-state index < -0.39 is 11.9 Å². The first-order valence-corrected chi connectivity index (χ1v) is 11.6. The SMILES string of the molecule is Cn1nnc(-c2ccc(O[C@H]3CCC[C@H](C(=O)O)C3)c(C#N)n2)c1Cn1cc(CC2CC2)nn1. The van der Waals surface area contributed by atoms with E-state index in [-0.39, 0.29) is 11.8 Å². The molecule has 2 aliphatic rings. The van der Waals surface area contributed by atoms with Crippen molar-refractivity contribution in [2.75, 3.05) is 0 Å². The Morgan fingerprint density at radius 2 is 2.09 bits per heavy atom. The maximum atomic E-state index is 11.3. The number of hydrogen-bond acceptors (Lipinski definition) is 8. The van der Waals surface area contributed by atoms with Gasteiger partial charge in [0.2, 0.25) is 0 Å². The van der Waals surface area contributed by atoms with Crippen molar-refractivity contribution in [1.29, 1.82) is 5.26 Å². The van der Waals surface area contributed by atoms with Gasteiger partial charge in [-0.3, -0.25) is 4.79 Å². The van der Waals surface area contributed by atoms with E-state index in [0.717, 1.165) is 36.6 Å². The van der Waals surface area contributed by atoms with Gasteiger partial charge in [-0.1, -0.05) is 10.4 Å². The molecule has 5 rings (SSSR count). The fourth-order valence-corrected chi connectivity index (χ4v) is 4.44. The van der Waals surface area contributed by atoms with Gasteiger partial charge < -0.3 is 9.84 Å². The fourth-order valence-electron chi connectivity index (χ4n) is 4.44. The Hall–Kier alpha value is -3.81. The van der Waals surface area contributed by atoms with Crippen LogP contribution in [0.2, 0.25) is 0 Å². The van der Waals surface area contributed by atoms with Crippen molar-refractivity contribution in [3.05, 3.63) is 35.4 Å². The smallest absolute Gasteiger partial charge is 0.306 e. The number of carboxylic acids is 1. The molecule has 2 atom stereocenters. The first-order valence-electron chi connectivity index (χ1n) is 11.6. The van der Waals surface area contributed by atoms with Crippen LogP contribution in [0.25, 0.3) is 11.4 Å². The molecule has 11 heteroatoms. The second-order valence-corrected chi connectivity index (χ2v) is 9.16. The van der Waals surface area contributed by atoms with Crippen LogP contribution in [0.1, 0.15) is 55.6 Å². The van der Waals surface area contributed by atoms with Gasteiger partial charge in [0.15, 0.2) is 11.4 Å². The summed E-state index contributed by atoms with van der Waals surface area (Å²) in [6.45, 7) is 0.428. The molecule has 34 heavy (non-hydrogen) atoms. The van der Waals surface area contributed by atoms with Crippen molar-refractivity contribution in [3.8, 4) is 23.2 Å². The third-order valence-electron chi connectivity index (χ3n) is 6.51. The Labute approximate surface area is 196 Å². The summed E-state index contributed by atoms with van der Waals surface area (Å²) >= 11 is 0. The van der Waals surface area contributed by atoms with Crippen molar-refractivity contribution >= 4 is 5.97 Å². The van der Waals surface area contributed by atoms with E-state index in [9.17, 15) is 15.2 Å². The number of pyridine rings is 1. The van der Waals surface area contributed by atoms with E-state index in [2.05, 4.69) is 31.7 Å². The predicted molar refractivity (Wildman–Crippen MR) is 119 cm³/mol. The lowest BCUT2D eigenvalue weighted by molar-refractivity contribution is -0.143. The standard InChI is InChI=1S/C23H26N8O3/c1-30-20(13-31-12-16(26-29-31)9-14-5-6-14)22(27-28-30)18-7-8-21(19(11-24)25-18)34-17-4-2-3-15(10-17)23(32)33/h7-8,12,14-15,17H,2-6,9-10,13H2,1H3,(H,32,33)/t15-,17-/m0/s1. The first kappa shape index (κ1) is 22.0. The molecule has 2 saturated carbocycles. The van der Waals surface area contributed by atoms with Crippen LogP contribution >= 0.6 is 0 Å². The lowest BCUT2D eigenvalue weighted by Gasteiger charge is -2.27. The van der Waals surface area contributed by atoms with E-state index in [1.54, 1.807) is 28.5 Å². The molecule has 3 aromatic heterocycles. The van der Waals surface area contributed by atoms with E-state index >= 15 is 0 Å². The maximum Gasteiger partial charge on any atom is 0.306 e. The second kappa shape index (κ2) is 9.21. The summed E-state index contributed by atoms with van der Waals surface area (Å²) in [5, 5.41) is 35.9. The fraction of sp³-hybridized carbons (Fsp3) is 0.522. The quantitative estimate of drug-likeness (QED) is 0.533. The largest absolute Gasteiger partial charge is 0.487 e. The van der Waals surface area contributed by atoms with Crippen molar-refractivity contribution < 1.29 is 14.6 Å². The molecule has 0 amide bonds. The summed E-state index contributed by atoms with van der Waals surface area (Å²) in [4.78, 5) is 15.8. The topological polar surface area (TPSA) is 145 Å². The zero-order valence-corrected chi connectivity index (χ0v) is 19.0. The Bertz CT molecular complexity index is 1240. The summed E-state index contributed by atoms with van der Waals surface area (Å²) in [5.41, 5.74) is 2.99. The maximum absolute atomic E-state index is 11.3. The molecule has 2 fully saturated rings. The van der Waals surface area contributed by atoms with Gasteiger partial charge in [-0.05, 0) is 63.0 Å². The molecule has 3 heterocycles. The van der Waals surface area contributed by atoms with Crippen LogP contribution in [0.15, 0.2) is 18.3 Å². The normalized spacial score (nSPS) is 20.1. The van der Waals surface area contributed by atoms with Crippen LogP contribution in [0, 0.1) is 23.2 Å². The van der Waals surface area contributed by atoms with Crippen LogP contribution in [0.5, 0.6) is 5.75 Å². The van der Waals surface area contributed by atoms with Crippen molar-refractivity contribution in [3.63, 3.8) is 0 Å². The molecule has 0 radical (unpaired) electrons. The molecule has 0 aromatic carbocycles. The number of nitrogens with zero attached hydrogens (tertiary/aromatic N) is 8. The van der Waals surface area contributed by atoms with Gasteiger partial charge in [0, 0.05) is 13.2 Å². The number of hydrogen-bond donors (Lipinski definition) is 1. The average Bonchev–Trinajstić information content (AvgIpc) is 3.43. The molecule has 0 spiro atoms. The highest BCUT2D eigenvalue weighted by molar-refractivity contribution is 5.70. The Morgan fingerprint density at radius 3 is 2.85 bits per heavy atom. The second-order valence-electron chi connectivity index (χ2n) is 9.16. The van der Waals surface area contributed by atoms with Gasteiger partial charge in [-0.25, -0.2) is 14.3 Å². The van der Waals surface area contributed by atoms with Gasteiger partial charge in [-0.2, -0.15) is 5.26 Å². The number of ether oxygens (including phenoxy) is 1.